The van der Waals surface area contributed by atoms with Crippen LogP contribution in [0, 0.1) is 5.82 Å². The van der Waals surface area contributed by atoms with Crippen LogP contribution in [0.1, 0.15) is 5.82 Å². The van der Waals surface area contributed by atoms with E-state index in [-0.39, 0.29) is 5.82 Å². The van der Waals surface area contributed by atoms with Gasteiger partial charge in [0.1, 0.15) is 11.6 Å². The predicted molar refractivity (Wildman–Crippen MR) is 66.4 cm³/mol. The topological polar surface area (TPSA) is 61.7 Å². The van der Waals surface area contributed by atoms with Crippen LogP contribution >= 0.6 is 0 Å². The maximum absolute atomic E-state index is 13.1. The van der Waals surface area contributed by atoms with Crippen molar-refractivity contribution in [1.82, 2.24) is 19.3 Å². The molecule has 6 heteroatoms. The average Bonchev–Trinajstić information content (AvgIpc) is 2.85. The minimum absolute atomic E-state index is 0.282. The quantitative estimate of drug-likeness (QED) is 0.745. The van der Waals surface area contributed by atoms with Crippen LogP contribution < -0.4 is 5.73 Å². The molecule has 92 valence electrons. The van der Waals surface area contributed by atoms with Gasteiger partial charge in [0, 0.05) is 19.3 Å². The number of hydrogen-bond donors (Lipinski definition) is 1. The zero-order valence-electron chi connectivity index (χ0n) is 9.84. The van der Waals surface area contributed by atoms with E-state index in [9.17, 15) is 4.39 Å². The summed E-state index contributed by atoms with van der Waals surface area (Å²) in [5, 5.41) is 4.10. The normalized spacial score (nSPS) is 11.2. The molecule has 0 bridgehead atoms. The molecule has 0 radical (unpaired) electrons. The van der Waals surface area contributed by atoms with Crippen LogP contribution in [0.2, 0.25) is 0 Å². The van der Waals surface area contributed by atoms with Gasteiger partial charge in [0.25, 0.3) is 0 Å². The molecule has 2 aromatic heterocycles. The lowest BCUT2D eigenvalue weighted by Gasteiger charge is -2.02. The second kappa shape index (κ2) is 3.83. The first kappa shape index (κ1) is 10.8. The Morgan fingerprint density at radius 3 is 2.94 bits per heavy atom. The maximum atomic E-state index is 13.1. The highest BCUT2D eigenvalue weighted by atomic mass is 19.1. The summed E-state index contributed by atoms with van der Waals surface area (Å²) in [4.78, 5) is 4.40. The van der Waals surface area contributed by atoms with E-state index >= 15 is 0 Å². The molecule has 0 saturated carbocycles. The van der Waals surface area contributed by atoms with Crippen LogP contribution in [0.25, 0.3) is 11.0 Å². The number of imidazole rings is 1. The Kier molecular flexibility index (Phi) is 2.29. The highest BCUT2D eigenvalue weighted by molar-refractivity contribution is 5.75. The van der Waals surface area contributed by atoms with Crippen LogP contribution in [0.5, 0.6) is 0 Å². The molecule has 0 unspecified atom stereocenters. The predicted octanol–water partition coefficient (Wildman–Crippen LogP) is 1.54. The highest BCUT2D eigenvalue weighted by Crippen LogP contribution is 2.16. The third kappa shape index (κ3) is 1.71. The minimum atomic E-state index is -0.282. The molecule has 0 aliphatic heterocycles. The van der Waals surface area contributed by atoms with E-state index in [1.165, 1.54) is 12.1 Å². The Morgan fingerprint density at radius 2 is 2.22 bits per heavy atom. The van der Waals surface area contributed by atoms with Gasteiger partial charge >= 0.3 is 0 Å². The Bertz CT molecular complexity index is 712. The summed E-state index contributed by atoms with van der Waals surface area (Å²) in [6.07, 6.45) is 3.32. The van der Waals surface area contributed by atoms with Crippen LogP contribution in [-0.2, 0) is 13.6 Å². The summed E-state index contributed by atoms with van der Waals surface area (Å²) in [6.45, 7) is 0.504. The number of aromatic nitrogens is 4. The number of fused-ring (bicyclic) bond motifs is 1. The van der Waals surface area contributed by atoms with Crippen molar-refractivity contribution in [3.8, 4) is 0 Å². The number of benzene rings is 1. The molecule has 0 atom stereocenters. The third-order valence-corrected chi connectivity index (χ3v) is 2.89. The standard InChI is InChI=1S/C12H12FN5/c1-17-11-3-2-8(13)4-10(11)16-12(17)7-18-6-9(14)5-15-18/h2-6H,7,14H2,1H3. The first-order valence-corrected chi connectivity index (χ1v) is 5.52. The van der Waals surface area contributed by atoms with Crippen LogP contribution in [0.15, 0.2) is 30.6 Å². The molecule has 0 aliphatic carbocycles. The van der Waals surface area contributed by atoms with Gasteiger partial charge in [0.2, 0.25) is 0 Å². The maximum Gasteiger partial charge on any atom is 0.131 e. The van der Waals surface area contributed by atoms with Crippen molar-refractivity contribution in [1.29, 1.82) is 0 Å². The lowest BCUT2D eigenvalue weighted by molar-refractivity contribution is 0.629. The molecular formula is C12H12FN5. The van der Waals surface area contributed by atoms with Crippen molar-refractivity contribution in [3.05, 3.63) is 42.2 Å². The Balaban J connectivity index is 2.04. The number of rotatable bonds is 2. The Morgan fingerprint density at radius 1 is 1.39 bits per heavy atom. The summed E-state index contributed by atoms with van der Waals surface area (Å²) in [5.74, 6) is 0.522. The molecule has 3 rings (SSSR count). The molecule has 3 aromatic rings. The molecular weight excluding hydrogens is 233 g/mol. The Hall–Kier alpha value is -2.37. The van der Waals surface area contributed by atoms with Gasteiger partial charge in [0.15, 0.2) is 0 Å². The van der Waals surface area contributed by atoms with Gasteiger partial charge < -0.3 is 10.3 Å². The third-order valence-electron chi connectivity index (χ3n) is 2.89. The number of halogens is 1. The molecule has 0 aliphatic rings. The van der Waals surface area contributed by atoms with Gasteiger partial charge in [-0.3, -0.25) is 4.68 Å². The molecule has 0 amide bonds. The van der Waals surface area contributed by atoms with E-state index in [4.69, 9.17) is 5.73 Å². The lowest BCUT2D eigenvalue weighted by Crippen LogP contribution is -2.06. The van der Waals surface area contributed by atoms with E-state index in [2.05, 4.69) is 10.1 Å². The molecule has 2 heterocycles. The van der Waals surface area contributed by atoms with E-state index in [1.54, 1.807) is 23.1 Å². The fourth-order valence-corrected chi connectivity index (χ4v) is 1.98. The number of anilines is 1. The zero-order valence-corrected chi connectivity index (χ0v) is 9.84. The van der Waals surface area contributed by atoms with E-state index in [0.717, 1.165) is 11.3 Å². The summed E-state index contributed by atoms with van der Waals surface area (Å²) >= 11 is 0. The van der Waals surface area contributed by atoms with Crippen LogP contribution in [0.3, 0.4) is 0 Å². The Labute approximate surface area is 103 Å². The van der Waals surface area contributed by atoms with E-state index < -0.39 is 0 Å². The SMILES string of the molecule is Cn1c(Cn2cc(N)cn2)nc2cc(F)ccc21. The van der Waals surface area contributed by atoms with Gasteiger partial charge in [-0.25, -0.2) is 9.37 Å². The lowest BCUT2D eigenvalue weighted by atomic mass is 10.3. The van der Waals surface area contributed by atoms with E-state index in [0.29, 0.717) is 17.7 Å². The summed E-state index contributed by atoms with van der Waals surface area (Å²) in [5.41, 5.74) is 7.76. The molecule has 5 nitrogen and oxygen atoms in total. The van der Waals surface area contributed by atoms with Crippen molar-refractivity contribution in [3.63, 3.8) is 0 Å². The van der Waals surface area contributed by atoms with Crippen LogP contribution in [-0.4, -0.2) is 19.3 Å². The number of nitrogens with two attached hydrogens (primary N) is 1. The highest BCUT2D eigenvalue weighted by Gasteiger charge is 2.09. The number of aryl methyl sites for hydroxylation is 1. The summed E-state index contributed by atoms with van der Waals surface area (Å²) in [7, 11) is 1.90. The zero-order chi connectivity index (χ0) is 12.7. The van der Waals surface area contributed by atoms with Crippen LogP contribution in [0.4, 0.5) is 10.1 Å². The average molecular weight is 245 g/mol. The van der Waals surface area contributed by atoms with Crippen molar-refractivity contribution < 1.29 is 4.39 Å². The van der Waals surface area contributed by atoms with Gasteiger partial charge in [-0.2, -0.15) is 5.10 Å². The van der Waals surface area contributed by atoms with Gasteiger partial charge in [-0.1, -0.05) is 0 Å². The summed E-state index contributed by atoms with van der Waals surface area (Å²) in [6, 6.07) is 4.58. The smallest absolute Gasteiger partial charge is 0.131 e. The number of hydrogen-bond acceptors (Lipinski definition) is 3. The number of nitrogen functional groups attached to an aromatic ring is 1. The van der Waals surface area contributed by atoms with Crippen molar-refractivity contribution in [2.75, 3.05) is 5.73 Å². The molecule has 0 saturated heterocycles. The molecule has 0 spiro atoms. The number of nitrogens with zero attached hydrogens (tertiary/aromatic N) is 4. The monoisotopic (exact) mass is 245 g/mol. The fourth-order valence-electron chi connectivity index (χ4n) is 1.98. The molecule has 0 fully saturated rings. The summed E-state index contributed by atoms with van der Waals surface area (Å²) < 4.78 is 16.7. The molecule has 2 N–H and O–H groups in total. The van der Waals surface area contributed by atoms with Crippen molar-refractivity contribution >= 4 is 16.7 Å². The largest absolute Gasteiger partial charge is 0.396 e. The van der Waals surface area contributed by atoms with Gasteiger partial charge in [-0.15, -0.1) is 0 Å². The molecule has 18 heavy (non-hydrogen) atoms. The van der Waals surface area contributed by atoms with Crippen molar-refractivity contribution in [2.45, 2.75) is 6.54 Å². The first-order chi connectivity index (χ1) is 8.63. The fraction of sp³-hybridized carbons (Fsp3) is 0.167. The van der Waals surface area contributed by atoms with Crippen molar-refractivity contribution in [2.24, 2.45) is 7.05 Å². The molecule has 1 aromatic carbocycles. The second-order valence-electron chi connectivity index (χ2n) is 4.19. The van der Waals surface area contributed by atoms with Gasteiger partial charge in [-0.05, 0) is 12.1 Å². The first-order valence-electron chi connectivity index (χ1n) is 5.52. The second-order valence-corrected chi connectivity index (χ2v) is 4.19. The van der Waals surface area contributed by atoms with Gasteiger partial charge in [0.05, 0.1) is 29.5 Å². The van der Waals surface area contributed by atoms with E-state index in [1.807, 2.05) is 11.6 Å². The minimum Gasteiger partial charge on any atom is -0.396 e.